The normalized spacial score (nSPS) is 13.8. The van der Waals surface area contributed by atoms with Gasteiger partial charge in [-0.05, 0) is 19.4 Å². The largest absolute Gasteiger partial charge is 0.348 e. The van der Waals surface area contributed by atoms with Crippen molar-refractivity contribution in [3.8, 4) is 0 Å². The van der Waals surface area contributed by atoms with Gasteiger partial charge in [0.15, 0.2) is 0 Å². The van der Waals surface area contributed by atoms with Crippen LogP contribution < -0.4 is 11.1 Å². The van der Waals surface area contributed by atoms with Crippen molar-refractivity contribution < 1.29 is 13.6 Å². The number of halogens is 2. The number of hydrogen-bond donors (Lipinski definition) is 2. The molecule has 0 aliphatic rings. The highest BCUT2D eigenvalue weighted by atomic mass is 19.1. The third-order valence-corrected chi connectivity index (χ3v) is 2.55. The van der Waals surface area contributed by atoms with E-state index in [4.69, 9.17) is 5.73 Å². The maximum absolute atomic E-state index is 13.5. The second-order valence-corrected chi connectivity index (χ2v) is 4.03. The van der Waals surface area contributed by atoms with E-state index in [-0.39, 0.29) is 5.56 Å². The summed E-state index contributed by atoms with van der Waals surface area (Å²) >= 11 is 0. The minimum atomic E-state index is -0.714. The molecule has 0 aliphatic heterocycles. The fourth-order valence-corrected chi connectivity index (χ4v) is 1.54. The SMILES string of the molecule is C=CCC(N)C(=O)NC(C)c1ccc(F)cc1F. The first kappa shape index (κ1) is 14.3. The summed E-state index contributed by atoms with van der Waals surface area (Å²) in [5, 5.41) is 2.57. The number of carbonyl (C=O) groups is 1. The van der Waals surface area contributed by atoms with Crippen molar-refractivity contribution in [3.05, 3.63) is 48.1 Å². The van der Waals surface area contributed by atoms with Crippen LogP contribution in [-0.2, 0) is 4.79 Å². The summed E-state index contributed by atoms with van der Waals surface area (Å²) in [7, 11) is 0. The molecule has 0 radical (unpaired) electrons. The lowest BCUT2D eigenvalue weighted by Crippen LogP contribution is -2.41. The van der Waals surface area contributed by atoms with Gasteiger partial charge in [-0.2, -0.15) is 0 Å². The van der Waals surface area contributed by atoms with Crippen LogP contribution in [0.4, 0.5) is 8.78 Å². The fourth-order valence-electron chi connectivity index (χ4n) is 1.54. The van der Waals surface area contributed by atoms with Crippen LogP contribution in [0.25, 0.3) is 0 Å². The molecular weight excluding hydrogens is 238 g/mol. The molecule has 3 N–H and O–H groups in total. The van der Waals surface area contributed by atoms with Gasteiger partial charge in [-0.15, -0.1) is 6.58 Å². The number of nitrogens with two attached hydrogens (primary N) is 1. The molecule has 18 heavy (non-hydrogen) atoms. The Kier molecular flexibility index (Phi) is 4.97. The molecule has 0 fully saturated rings. The fraction of sp³-hybridized carbons (Fsp3) is 0.308. The summed E-state index contributed by atoms with van der Waals surface area (Å²) < 4.78 is 26.2. The topological polar surface area (TPSA) is 55.1 Å². The van der Waals surface area contributed by atoms with Gasteiger partial charge < -0.3 is 11.1 Å². The number of hydrogen-bond acceptors (Lipinski definition) is 2. The molecule has 0 spiro atoms. The molecule has 1 aromatic carbocycles. The van der Waals surface area contributed by atoms with Crippen LogP contribution in [0, 0.1) is 11.6 Å². The van der Waals surface area contributed by atoms with E-state index in [9.17, 15) is 13.6 Å². The molecule has 1 aromatic rings. The first-order valence-corrected chi connectivity index (χ1v) is 5.57. The van der Waals surface area contributed by atoms with Gasteiger partial charge in [-0.25, -0.2) is 8.78 Å². The lowest BCUT2D eigenvalue weighted by molar-refractivity contribution is -0.122. The number of rotatable bonds is 5. The molecule has 0 aliphatic carbocycles. The molecule has 1 amide bonds. The Morgan fingerprint density at radius 2 is 2.22 bits per heavy atom. The van der Waals surface area contributed by atoms with E-state index in [0.717, 1.165) is 12.1 Å². The summed E-state index contributed by atoms with van der Waals surface area (Å²) in [6, 6.07) is 1.93. The van der Waals surface area contributed by atoms with E-state index in [1.807, 2.05) is 0 Å². The van der Waals surface area contributed by atoms with Crippen LogP contribution in [-0.4, -0.2) is 11.9 Å². The molecule has 3 nitrogen and oxygen atoms in total. The second-order valence-electron chi connectivity index (χ2n) is 4.03. The Labute approximate surface area is 105 Å². The molecule has 0 bridgehead atoms. The van der Waals surface area contributed by atoms with Crippen LogP contribution in [0.3, 0.4) is 0 Å². The average Bonchev–Trinajstić information content (AvgIpc) is 2.28. The Bertz CT molecular complexity index is 449. The van der Waals surface area contributed by atoms with Crippen molar-refractivity contribution in [1.29, 1.82) is 0 Å². The third kappa shape index (κ3) is 3.63. The van der Waals surface area contributed by atoms with Gasteiger partial charge >= 0.3 is 0 Å². The molecule has 2 atom stereocenters. The van der Waals surface area contributed by atoms with E-state index in [0.29, 0.717) is 6.42 Å². The van der Waals surface area contributed by atoms with Gasteiger partial charge in [-0.3, -0.25) is 4.79 Å². The molecule has 2 unspecified atom stereocenters. The number of amides is 1. The highest BCUT2D eigenvalue weighted by molar-refractivity contribution is 5.82. The predicted molar refractivity (Wildman–Crippen MR) is 65.7 cm³/mol. The lowest BCUT2D eigenvalue weighted by Gasteiger charge is -2.17. The monoisotopic (exact) mass is 254 g/mol. The molecule has 5 heteroatoms. The highest BCUT2D eigenvalue weighted by Gasteiger charge is 2.17. The Hall–Kier alpha value is -1.75. The lowest BCUT2D eigenvalue weighted by atomic mass is 10.1. The zero-order valence-corrected chi connectivity index (χ0v) is 10.1. The van der Waals surface area contributed by atoms with Crippen molar-refractivity contribution in [3.63, 3.8) is 0 Å². The highest BCUT2D eigenvalue weighted by Crippen LogP contribution is 2.17. The van der Waals surface area contributed by atoms with Gasteiger partial charge in [0.2, 0.25) is 5.91 Å². The summed E-state index contributed by atoms with van der Waals surface area (Å²) in [4.78, 5) is 11.6. The van der Waals surface area contributed by atoms with Crippen LogP contribution in [0.1, 0.15) is 24.9 Å². The van der Waals surface area contributed by atoms with E-state index in [1.165, 1.54) is 12.1 Å². The quantitative estimate of drug-likeness (QED) is 0.790. The molecular formula is C13H16F2N2O. The van der Waals surface area contributed by atoms with Gasteiger partial charge in [0.25, 0.3) is 0 Å². The Morgan fingerprint density at radius 1 is 1.56 bits per heavy atom. The number of nitrogens with one attached hydrogen (secondary N) is 1. The first-order valence-electron chi connectivity index (χ1n) is 5.57. The smallest absolute Gasteiger partial charge is 0.237 e. The summed E-state index contributed by atoms with van der Waals surface area (Å²) in [6.45, 7) is 5.09. The minimum absolute atomic E-state index is 0.218. The van der Waals surface area contributed by atoms with Crippen LogP contribution >= 0.6 is 0 Å². The number of carbonyl (C=O) groups excluding carboxylic acids is 1. The molecule has 0 saturated carbocycles. The molecule has 0 saturated heterocycles. The second kappa shape index (κ2) is 6.26. The van der Waals surface area contributed by atoms with Gasteiger partial charge in [0.05, 0.1) is 12.1 Å². The number of benzene rings is 1. The molecule has 1 rings (SSSR count). The standard InChI is InChI=1S/C13H16F2N2O/c1-3-4-12(16)13(18)17-8(2)10-6-5-9(14)7-11(10)15/h3,5-8,12H,1,4,16H2,2H3,(H,17,18). The van der Waals surface area contributed by atoms with Crippen LogP contribution in [0.2, 0.25) is 0 Å². The van der Waals surface area contributed by atoms with Crippen LogP contribution in [0.15, 0.2) is 30.9 Å². The van der Waals surface area contributed by atoms with Gasteiger partial charge in [0.1, 0.15) is 11.6 Å². The minimum Gasteiger partial charge on any atom is -0.348 e. The van der Waals surface area contributed by atoms with E-state index in [2.05, 4.69) is 11.9 Å². The third-order valence-electron chi connectivity index (χ3n) is 2.55. The Morgan fingerprint density at radius 3 is 2.78 bits per heavy atom. The molecule has 98 valence electrons. The maximum atomic E-state index is 13.5. The van der Waals surface area contributed by atoms with E-state index >= 15 is 0 Å². The van der Waals surface area contributed by atoms with Crippen molar-refractivity contribution in [2.75, 3.05) is 0 Å². The zero-order chi connectivity index (χ0) is 13.7. The van der Waals surface area contributed by atoms with Gasteiger partial charge in [-0.1, -0.05) is 12.1 Å². The molecule has 0 heterocycles. The average molecular weight is 254 g/mol. The Balaban J connectivity index is 2.73. The zero-order valence-electron chi connectivity index (χ0n) is 10.1. The van der Waals surface area contributed by atoms with E-state index < -0.39 is 29.6 Å². The van der Waals surface area contributed by atoms with Crippen molar-refractivity contribution in [2.45, 2.75) is 25.4 Å². The summed E-state index contributed by atoms with van der Waals surface area (Å²) in [5.74, 6) is -1.75. The van der Waals surface area contributed by atoms with Crippen molar-refractivity contribution in [1.82, 2.24) is 5.32 Å². The maximum Gasteiger partial charge on any atom is 0.237 e. The molecule has 0 aromatic heterocycles. The summed E-state index contributed by atoms with van der Waals surface area (Å²) in [6.07, 6.45) is 1.87. The first-order chi connectivity index (χ1) is 8.45. The summed E-state index contributed by atoms with van der Waals surface area (Å²) in [5.41, 5.74) is 5.80. The van der Waals surface area contributed by atoms with E-state index in [1.54, 1.807) is 6.92 Å². The van der Waals surface area contributed by atoms with Crippen LogP contribution in [0.5, 0.6) is 0 Å². The predicted octanol–water partition coefficient (Wildman–Crippen LogP) is 2.05. The van der Waals surface area contributed by atoms with Crippen molar-refractivity contribution >= 4 is 5.91 Å². The van der Waals surface area contributed by atoms with Crippen molar-refractivity contribution in [2.24, 2.45) is 5.73 Å². The van der Waals surface area contributed by atoms with Gasteiger partial charge in [0, 0.05) is 11.6 Å².